The first-order valence-electron chi connectivity index (χ1n) is 6.86. The zero-order valence-electron chi connectivity index (χ0n) is 11.6. The maximum atomic E-state index is 12.1. The number of nitrogens with zero attached hydrogens (tertiary/aromatic N) is 1. The predicted octanol–water partition coefficient (Wildman–Crippen LogP) is 2.62. The molecule has 1 aliphatic carbocycles. The molecule has 0 heterocycles. The van der Waals surface area contributed by atoms with E-state index in [1.54, 1.807) is 0 Å². The molecule has 1 aromatic rings. The van der Waals surface area contributed by atoms with Gasteiger partial charge in [-0.2, -0.15) is 0 Å². The maximum absolute atomic E-state index is 12.1. The minimum Gasteiger partial charge on any atom is -0.481 e. The molecule has 0 unspecified atom stereocenters. The highest BCUT2D eigenvalue weighted by molar-refractivity contribution is 6.34. The summed E-state index contributed by atoms with van der Waals surface area (Å²) in [6.45, 7) is 0. The van der Waals surface area contributed by atoms with Crippen molar-refractivity contribution in [3.8, 4) is 0 Å². The summed E-state index contributed by atoms with van der Waals surface area (Å²) < 4.78 is 0. The van der Waals surface area contributed by atoms with Gasteiger partial charge in [-0.15, -0.1) is 0 Å². The minimum atomic E-state index is -0.803. The Balaban J connectivity index is 1.98. The maximum Gasteiger partial charge on any atom is 0.306 e. The van der Waals surface area contributed by atoms with Crippen molar-refractivity contribution in [3.63, 3.8) is 0 Å². The van der Waals surface area contributed by atoms with Crippen LogP contribution in [-0.4, -0.2) is 27.9 Å². The molecule has 0 saturated heterocycles. The molecule has 7 nitrogen and oxygen atoms in total. The largest absolute Gasteiger partial charge is 0.481 e. The van der Waals surface area contributed by atoms with Crippen LogP contribution in [0.5, 0.6) is 0 Å². The Hall–Kier alpha value is -2.15. The molecule has 22 heavy (non-hydrogen) atoms. The summed E-state index contributed by atoms with van der Waals surface area (Å²) in [4.78, 5) is 33.1. The number of carbonyl (C=O) groups is 2. The van der Waals surface area contributed by atoms with Crippen molar-refractivity contribution in [2.75, 3.05) is 0 Å². The molecular formula is C14H15ClN2O5. The number of carbonyl (C=O) groups excluding carboxylic acids is 1. The fourth-order valence-electron chi connectivity index (χ4n) is 2.55. The number of amides is 1. The molecule has 1 saturated carbocycles. The van der Waals surface area contributed by atoms with Crippen molar-refractivity contribution in [3.05, 3.63) is 38.9 Å². The molecule has 0 spiro atoms. The van der Waals surface area contributed by atoms with Crippen LogP contribution >= 0.6 is 11.6 Å². The first kappa shape index (κ1) is 16.2. The second-order valence-corrected chi connectivity index (χ2v) is 5.69. The molecule has 1 amide bonds. The van der Waals surface area contributed by atoms with Crippen LogP contribution in [0.15, 0.2) is 18.2 Å². The molecule has 8 heteroatoms. The van der Waals surface area contributed by atoms with Crippen molar-refractivity contribution < 1.29 is 19.6 Å². The van der Waals surface area contributed by atoms with E-state index in [1.807, 2.05) is 0 Å². The van der Waals surface area contributed by atoms with Crippen LogP contribution in [0.25, 0.3) is 0 Å². The van der Waals surface area contributed by atoms with Crippen LogP contribution in [0.1, 0.15) is 36.0 Å². The summed E-state index contributed by atoms with van der Waals surface area (Å²) in [6, 6.07) is 3.58. The van der Waals surface area contributed by atoms with Gasteiger partial charge in [-0.05, 0) is 31.7 Å². The zero-order valence-corrected chi connectivity index (χ0v) is 12.4. The molecule has 0 aliphatic heterocycles. The summed E-state index contributed by atoms with van der Waals surface area (Å²) in [5.74, 6) is -1.56. The van der Waals surface area contributed by atoms with E-state index in [-0.39, 0.29) is 28.2 Å². The average Bonchev–Trinajstić information content (AvgIpc) is 2.47. The summed E-state index contributed by atoms with van der Waals surface area (Å²) in [5, 5.41) is 22.4. The zero-order chi connectivity index (χ0) is 16.3. The highest BCUT2D eigenvalue weighted by atomic mass is 35.5. The number of nitrogens with one attached hydrogen (secondary N) is 1. The van der Waals surface area contributed by atoms with Crippen molar-refractivity contribution >= 4 is 29.2 Å². The standard InChI is InChI=1S/C14H15ClN2O5/c15-12-7-10(17(21)22)5-6-11(12)13(18)16-9-3-1-8(2-4-9)14(19)20/h5-9H,1-4H2,(H,16,18)(H,19,20). The molecular weight excluding hydrogens is 312 g/mol. The van der Waals surface area contributed by atoms with Gasteiger partial charge in [0.25, 0.3) is 11.6 Å². The van der Waals surface area contributed by atoms with Gasteiger partial charge in [0, 0.05) is 18.2 Å². The Bertz CT molecular complexity index is 611. The van der Waals surface area contributed by atoms with E-state index < -0.39 is 16.8 Å². The van der Waals surface area contributed by atoms with Crippen molar-refractivity contribution in [2.24, 2.45) is 5.92 Å². The molecule has 118 valence electrons. The van der Waals surface area contributed by atoms with Gasteiger partial charge in [0.2, 0.25) is 0 Å². The van der Waals surface area contributed by atoms with Crippen LogP contribution in [0, 0.1) is 16.0 Å². The third kappa shape index (κ3) is 3.73. The van der Waals surface area contributed by atoms with Crippen molar-refractivity contribution in [2.45, 2.75) is 31.7 Å². The molecule has 2 N–H and O–H groups in total. The SMILES string of the molecule is O=C(NC1CCC(C(=O)O)CC1)c1ccc([N+](=O)[O-])cc1Cl. The highest BCUT2D eigenvalue weighted by Gasteiger charge is 2.27. The highest BCUT2D eigenvalue weighted by Crippen LogP contribution is 2.26. The Morgan fingerprint density at radius 3 is 2.41 bits per heavy atom. The fraction of sp³-hybridized carbons (Fsp3) is 0.429. The molecule has 0 bridgehead atoms. The molecule has 2 rings (SSSR count). The first-order valence-corrected chi connectivity index (χ1v) is 7.24. The van der Waals surface area contributed by atoms with E-state index in [0.717, 1.165) is 6.07 Å². The Morgan fingerprint density at radius 2 is 1.91 bits per heavy atom. The summed E-state index contributed by atoms with van der Waals surface area (Å²) in [7, 11) is 0. The lowest BCUT2D eigenvalue weighted by atomic mass is 9.86. The number of carboxylic acids is 1. The third-order valence-corrected chi connectivity index (χ3v) is 4.13. The number of carboxylic acid groups (broad SMARTS) is 1. The fourth-order valence-corrected chi connectivity index (χ4v) is 2.81. The summed E-state index contributed by atoms with van der Waals surface area (Å²) >= 11 is 5.91. The number of rotatable bonds is 4. The lowest BCUT2D eigenvalue weighted by Crippen LogP contribution is -2.38. The monoisotopic (exact) mass is 326 g/mol. The van der Waals surface area contributed by atoms with E-state index in [0.29, 0.717) is 25.7 Å². The summed E-state index contributed by atoms with van der Waals surface area (Å²) in [6.07, 6.45) is 2.23. The van der Waals surface area contributed by atoms with Crippen molar-refractivity contribution in [1.29, 1.82) is 0 Å². The number of halogens is 1. The van der Waals surface area contributed by atoms with Crippen LogP contribution in [-0.2, 0) is 4.79 Å². The Labute approximate surface area is 131 Å². The normalized spacial score (nSPS) is 21.1. The number of hydrogen-bond acceptors (Lipinski definition) is 4. The Morgan fingerprint density at radius 1 is 1.27 bits per heavy atom. The molecule has 1 fully saturated rings. The van der Waals surface area contributed by atoms with Crippen LogP contribution in [0.2, 0.25) is 5.02 Å². The number of non-ortho nitro benzene ring substituents is 1. The van der Waals surface area contributed by atoms with Gasteiger partial charge in [0.1, 0.15) is 0 Å². The number of aliphatic carboxylic acids is 1. The van der Waals surface area contributed by atoms with Crippen molar-refractivity contribution in [1.82, 2.24) is 5.32 Å². The smallest absolute Gasteiger partial charge is 0.306 e. The number of hydrogen-bond donors (Lipinski definition) is 2. The first-order chi connectivity index (χ1) is 10.4. The van der Waals surface area contributed by atoms with Gasteiger partial charge in [-0.3, -0.25) is 19.7 Å². The third-order valence-electron chi connectivity index (χ3n) is 3.82. The van der Waals surface area contributed by atoms with Gasteiger partial charge in [-0.1, -0.05) is 11.6 Å². The van der Waals surface area contributed by atoms with Gasteiger partial charge >= 0.3 is 5.97 Å². The lowest BCUT2D eigenvalue weighted by Gasteiger charge is -2.26. The summed E-state index contributed by atoms with van der Waals surface area (Å²) in [5.41, 5.74) is -0.00357. The number of nitro groups is 1. The molecule has 0 atom stereocenters. The van der Waals surface area contributed by atoms with Gasteiger partial charge in [-0.25, -0.2) is 0 Å². The quantitative estimate of drug-likeness (QED) is 0.653. The van der Waals surface area contributed by atoms with E-state index in [9.17, 15) is 19.7 Å². The van der Waals surface area contributed by atoms with Crippen LogP contribution in [0.4, 0.5) is 5.69 Å². The molecule has 1 aromatic carbocycles. The van der Waals surface area contributed by atoms with Gasteiger partial charge in [0.05, 0.1) is 21.4 Å². The molecule has 1 aliphatic rings. The lowest BCUT2D eigenvalue weighted by molar-refractivity contribution is -0.384. The predicted molar refractivity (Wildman–Crippen MR) is 79.0 cm³/mol. The molecule has 0 aromatic heterocycles. The van der Waals surface area contributed by atoms with Crippen LogP contribution in [0.3, 0.4) is 0 Å². The van der Waals surface area contributed by atoms with E-state index in [2.05, 4.69) is 5.32 Å². The van der Waals surface area contributed by atoms with E-state index in [4.69, 9.17) is 16.7 Å². The Kier molecular flexibility index (Phi) is 4.97. The second kappa shape index (κ2) is 6.74. The second-order valence-electron chi connectivity index (χ2n) is 5.28. The minimum absolute atomic E-state index is 0.0194. The topological polar surface area (TPSA) is 110 Å². The van der Waals surface area contributed by atoms with E-state index >= 15 is 0 Å². The average molecular weight is 327 g/mol. The molecule has 0 radical (unpaired) electrons. The van der Waals surface area contributed by atoms with Gasteiger partial charge < -0.3 is 10.4 Å². The van der Waals surface area contributed by atoms with Gasteiger partial charge in [0.15, 0.2) is 0 Å². The number of benzene rings is 1. The van der Waals surface area contributed by atoms with Crippen LogP contribution < -0.4 is 5.32 Å². The van der Waals surface area contributed by atoms with E-state index in [1.165, 1.54) is 12.1 Å². The number of nitro benzene ring substituents is 1.